The van der Waals surface area contributed by atoms with Crippen molar-refractivity contribution in [3.8, 4) is 11.5 Å². The maximum absolute atomic E-state index is 13.0. The summed E-state index contributed by atoms with van der Waals surface area (Å²) in [7, 11) is 1.62. The molecule has 4 rings (SSSR count). The van der Waals surface area contributed by atoms with Crippen LogP contribution < -0.4 is 20.1 Å². The topological polar surface area (TPSA) is 97.0 Å². The summed E-state index contributed by atoms with van der Waals surface area (Å²) in [5.74, 6) is 1.48. The van der Waals surface area contributed by atoms with Gasteiger partial charge in [-0.05, 0) is 56.4 Å². The van der Waals surface area contributed by atoms with Crippen LogP contribution in [0.5, 0.6) is 11.5 Å². The number of Topliss-reactive ketones (excluding diaryl/α,β-unsaturated/α-hetero) is 1. The molecule has 2 aromatic carbocycles. The summed E-state index contributed by atoms with van der Waals surface area (Å²) in [5, 5.41) is 6.27. The Hall–Kier alpha value is -3.39. The van der Waals surface area contributed by atoms with Crippen LogP contribution in [0.1, 0.15) is 73.9 Å². The SMILES string of the molecule is CCOc1cc(OC)ccc1CNCC(=O)N1CCCC(c2cccc(C(=O)NC3(C(=O)C(C)C)CC3)c2)C1. The lowest BCUT2D eigenvalue weighted by molar-refractivity contribution is -0.131. The Labute approximate surface area is 231 Å². The summed E-state index contributed by atoms with van der Waals surface area (Å²) in [6, 6.07) is 13.3. The zero-order valence-electron chi connectivity index (χ0n) is 23.5. The zero-order chi connectivity index (χ0) is 28.0. The third kappa shape index (κ3) is 6.98. The van der Waals surface area contributed by atoms with Crippen molar-refractivity contribution in [3.05, 3.63) is 59.2 Å². The number of piperidine rings is 1. The number of nitrogens with zero attached hydrogens (tertiary/aromatic N) is 1. The van der Waals surface area contributed by atoms with E-state index in [9.17, 15) is 14.4 Å². The third-order valence-electron chi connectivity index (χ3n) is 7.66. The van der Waals surface area contributed by atoms with Crippen LogP contribution >= 0.6 is 0 Å². The monoisotopic (exact) mass is 535 g/mol. The van der Waals surface area contributed by atoms with Crippen LogP contribution in [0.15, 0.2) is 42.5 Å². The molecule has 2 N–H and O–H groups in total. The minimum Gasteiger partial charge on any atom is -0.497 e. The lowest BCUT2D eigenvalue weighted by atomic mass is 9.89. The van der Waals surface area contributed by atoms with Gasteiger partial charge in [-0.1, -0.05) is 32.0 Å². The molecule has 0 radical (unpaired) electrons. The molecule has 8 heteroatoms. The van der Waals surface area contributed by atoms with Crippen molar-refractivity contribution in [2.75, 3.05) is 33.4 Å². The number of ketones is 1. The highest BCUT2D eigenvalue weighted by atomic mass is 16.5. The second-order valence-electron chi connectivity index (χ2n) is 10.9. The molecule has 8 nitrogen and oxygen atoms in total. The molecule has 2 amide bonds. The van der Waals surface area contributed by atoms with Crippen LogP contribution in [-0.4, -0.2) is 61.4 Å². The molecule has 1 heterocycles. The van der Waals surface area contributed by atoms with Crippen LogP contribution in [0.3, 0.4) is 0 Å². The number of rotatable bonds is 12. The molecule has 1 unspecified atom stereocenters. The molecule has 2 aromatic rings. The Morgan fingerprint density at radius 2 is 1.92 bits per heavy atom. The molecule has 0 aromatic heterocycles. The van der Waals surface area contributed by atoms with E-state index in [4.69, 9.17) is 9.47 Å². The minimum atomic E-state index is -0.697. The number of hydrogen-bond acceptors (Lipinski definition) is 6. The fourth-order valence-corrected chi connectivity index (χ4v) is 5.32. The van der Waals surface area contributed by atoms with Crippen LogP contribution in [-0.2, 0) is 16.1 Å². The van der Waals surface area contributed by atoms with Gasteiger partial charge in [0.05, 0.1) is 25.8 Å². The minimum absolute atomic E-state index is 0.0583. The molecule has 1 saturated carbocycles. The quantitative estimate of drug-likeness (QED) is 0.425. The number of benzene rings is 2. The van der Waals surface area contributed by atoms with E-state index in [-0.39, 0.29) is 36.0 Å². The number of carbonyl (C=O) groups is 3. The molecular formula is C31H41N3O5. The van der Waals surface area contributed by atoms with E-state index in [0.717, 1.165) is 42.0 Å². The van der Waals surface area contributed by atoms with Gasteiger partial charge in [0.25, 0.3) is 5.91 Å². The Bertz CT molecular complexity index is 1190. The van der Waals surface area contributed by atoms with Gasteiger partial charge < -0.3 is 25.0 Å². The van der Waals surface area contributed by atoms with Gasteiger partial charge in [-0.15, -0.1) is 0 Å². The average molecular weight is 536 g/mol. The van der Waals surface area contributed by atoms with Gasteiger partial charge in [0, 0.05) is 48.7 Å². The van der Waals surface area contributed by atoms with Gasteiger partial charge in [-0.2, -0.15) is 0 Å². The Morgan fingerprint density at radius 3 is 2.62 bits per heavy atom. The number of likely N-dealkylation sites (tertiary alicyclic amines) is 1. The van der Waals surface area contributed by atoms with Crippen LogP contribution in [0.25, 0.3) is 0 Å². The van der Waals surface area contributed by atoms with E-state index >= 15 is 0 Å². The van der Waals surface area contributed by atoms with Crippen molar-refractivity contribution >= 4 is 17.6 Å². The highest BCUT2D eigenvalue weighted by molar-refractivity contribution is 6.02. The predicted octanol–water partition coefficient (Wildman–Crippen LogP) is 4.08. The molecule has 2 aliphatic rings. The van der Waals surface area contributed by atoms with Crippen molar-refractivity contribution < 1.29 is 23.9 Å². The first-order valence-corrected chi connectivity index (χ1v) is 14.0. The van der Waals surface area contributed by atoms with Crippen molar-refractivity contribution in [3.63, 3.8) is 0 Å². The summed E-state index contributed by atoms with van der Waals surface area (Å²) in [6.07, 6.45) is 3.27. The lowest BCUT2D eigenvalue weighted by Crippen LogP contribution is -2.45. The molecule has 1 atom stereocenters. The summed E-state index contributed by atoms with van der Waals surface area (Å²) in [5.41, 5.74) is 1.88. The Balaban J connectivity index is 1.33. The average Bonchev–Trinajstić information content (AvgIpc) is 3.73. The first kappa shape index (κ1) is 28.6. The standard InChI is InChI=1S/C31H41N3O5/c1-5-39-27-17-26(38-4)12-11-24(27)18-32-19-28(35)34-15-7-10-25(20-34)22-8-6-9-23(16-22)30(37)33-31(13-14-31)29(36)21(2)3/h6,8-9,11-12,16-17,21,25,32H,5,7,10,13-15,18-20H2,1-4H3,(H,33,37). The van der Waals surface area contributed by atoms with Crippen LogP contribution in [0.2, 0.25) is 0 Å². The predicted molar refractivity (Wildman–Crippen MR) is 150 cm³/mol. The van der Waals surface area contributed by atoms with Crippen molar-refractivity contribution in [1.29, 1.82) is 0 Å². The molecule has 1 aliphatic heterocycles. The highest BCUT2D eigenvalue weighted by Crippen LogP contribution is 2.39. The van der Waals surface area contributed by atoms with Crippen molar-refractivity contribution in [1.82, 2.24) is 15.5 Å². The normalized spacial score (nSPS) is 18.0. The number of ether oxygens (including phenoxy) is 2. The van der Waals surface area contributed by atoms with E-state index in [2.05, 4.69) is 10.6 Å². The zero-order valence-corrected chi connectivity index (χ0v) is 23.5. The van der Waals surface area contributed by atoms with E-state index < -0.39 is 5.54 Å². The molecule has 39 heavy (non-hydrogen) atoms. The van der Waals surface area contributed by atoms with Gasteiger partial charge >= 0.3 is 0 Å². The molecular weight excluding hydrogens is 494 g/mol. The van der Waals surface area contributed by atoms with Gasteiger partial charge in [0.15, 0.2) is 5.78 Å². The Morgan fingerprint density at radius 1 is 1.13 bits per heavy atom. The van der Waals surface area contributed by atoms with Crippen LogP contribution in [0.4, 0.5) is 0 Å². The fourth-order valence-electron chi connectivity index (χ4n) is 5.32. The second-order valence-corrected chi connectivity index (χ2v) is 10.9. The number of hydrogen-bond donors (Lipinski definition) is 2. The van der Waals surface area contributed by atoms with Crippen molar-refractivity contribution in [2.45, 2.75) is 64.5 Å². The van der Waals surface area contributed by atoms with E-state index in [0.29, 0.717) is 38.1 Å². The second kappa shape index (κ2) is 12.6. The first-order valence-electron chi connectivity index (χ1n) is 14.0. The lowest BCUT2D eigenvalue weighted by Gasteiger charge is -2.33. The fraction of sp³-hybridized carbons (Fsp3) is 0.516. The molecule has 210 valence electrons. The largest absolute Gasteiger partial charge is 0.497 e. The van der Waals surface area contributed by atoms with Gasteiger partial charge in [0.2, 0.25) is 5.91 Å². The summed E-state index contributed by atoms with van der Waals surface area (Å²) < 4.78 is 11.0. The number of amides is 2. The smallest absolute Gasteiger partial charge is 0.252 e. The van der Waals surface area contributed by atoms with Gasteiger partial charge in [0.1, 0.15) is 11.5 Å². The first-order chi connectivity index (χ1) is 18.8. The van der Waals surface area contributed by atoms with E-state index in [1.807, 2.05) is 62.1 Å². The third-order valence-corrected chi connectivity index (χ3v) is 7.66. The maximum atomic E-state index is 13.0. The van der Waals surface area contributed by atoms with E-state index in [1.54, 1.807) is 13.2 Å². The molecule has 2 fully saturated rings. The van der Waals surface area contributed by atoms with Gasteiger partial charge in [-0.25, -0.2) is 0 Å². The number of carbonyl (C=O) groups excluding carboxylic acids is 3. The maximum Gasteiger partial charge on any atom is 0.252 e. The molecule has 1 aliphatic carbocycles. The molecule has 1 saturated heterocycles. The molecule has 0 spiro atoms. The van der Waals surface area contributed by atoms with Gasteiger partial charge in [-0.3, -0.25) is 14.4 Å². The molecule has 0 bridgehead atoms. The number of methoxy groups -OCH3 is 1. The van der Waals surface area contributed by atoms with Crippen LogP contribution in [0, 0.1) is 5.92 Å². The number of nitrogens with one attached hydrogen (secondary N) is 2. The summed E-state index contributed by atoms with van der Waals surface area (Å²) in [4.78, 5) is 40.5. The highest BCUT2D eigenvalue weighted by Gasteiger charge is 2.51. The van der Waals surface area contributed by atoms with Crippen molar-refractivity contribution in [2.24, 2.45) is 5.92 Å². The summed E-state index contributed by atoms with van der Waals surface area (Å²) >= 11 is 0. The summed E-state index contributed by atoms with van der Waals surface area (Å²) in [6.45, 7) is 8.33. The Kier molecular flexibility index (Phi) is 9.28. The van der Waals surface area contributed by atoms with E-state index in [1.165, 1.54) is 0 Å².